The van der Waals surface area contributed by atoms with Crippen LogP contribution in [0.2, 0.25) is 0 Å². The quantitative estimate of drug-likeness (QED) is 0.414. The Labute approximate surface area is 152 Å². The first-order chi connectivity index (χ1) is 12.3. The molecule has 0 saturated carbocycles. The van der Waals surface area contributed by atoms with Gasteiger partial charge in [0.05, 0.1) is 0 Å². The lowest BCUT2D eigenvalue weighted by atomic mass is 9.98. The standard InChI is InChI=1S/C24H29N/c1-3-4-7-13-21(2)14-12-19-25-24(23-17-10-6-11-18-23)20-22-15-8-5-9-16-22/h3-11,13,15-18,24-25H,1,12,14,19-20H2,2H3/b7-4-,21-13+. The fourth-order valence-corrected chi connectivity index (χ4v) is 2.87. The smallest absolute Gasteiger partial charge is 0.0360 e. The minimum absolute atomic E-state index is 0.355. The Morgan fingerprint density at radius 1 is 1.00 bits per heavy atom. The molecule has 25 heavy (non-hydrogen) atoms. The van der Waals surface area contributed by atoms with Crippen LogP contribution in [0.5, 0.6) is 0 Å². The molecule has 2 aromatic rings. The van der Waals surface area contributed by atoms with E-state index in [1.165, 1.54) is 16.7 Å². The molecule has 0 aromatic heterocycles. The van der Waals surface area contributed by atoms with Gasteiger partial charge in [0.2, 0.25) is 0 Å². The van der Waals surface area contributed by atoms with Crippen molar-refractivity contribution in [3.8, 4) is 0 Å². The lowest BCUT2D eigenvalue weighted by molar-refractivity contribution is 0.520. The van der Waals surface area contributed by atoms with Crippen LogP contribution in [0.3, 0.4) is 0 Å². The zero-order chi connectivity index (χ0) is 17.7. The number of allylic oxidation sites excluding steroid dienone is 5. The average molecular weight is 332 g/mol. The maximum atomic E-state index is 3.75. The van der Waals surface area contributed by atoms with Crippen molar-refractivity contribution >= 4 is 0 Å². The first kappa shape index (κ1) is 19.0. The van der Waals surface area contributed by atoms with E-state index in [1.54, 1.807) is 6.08 Å². The predicted octanol–water partition coefficient (Wildman–Crippen LogP) is 6.03. The molecule has 0 aliphatic rings. The summed E-state index contributed by atoms with van der Waals surface area (Å²) in [5.41, 5.74) is 4.13. The summed E-state index contributed by atoms with van der Waals surface area (Å²) >= 11 is 0. The van der Waals surface area contributed by atoms with Crippen molar-refractivity contribution < 1.29 is 0 Å². The highest BCUT2D eigenvalue weighted by Gasteiger charge is 2.11. The molecule has 2 aromatic carbocycles. The molecule has 0 aliphatic carbocycles. The molecule has 2 rings (SSSR count). The molecule has 0 fully saturated rings. The third kappa shape index (κ3) is 7.36. The van der Waals surface area contributed by atoms with Crippen LogP contribution in [0.4, 0.5) is 0 Å². The van der Waals surface area contributed by atoms with Crippen molar-refractivity contribution in [3.63, 3.8) is 0 Å². The van der Waals surface area contributed by atoms with E-state index < -0.39 is 0 Å². The van der Waals surface area contributed by atoms with Gasteiger partial charge in [-0.05, 0) is 43.9 Å². The topological polar surface area (TPSA) is 12.0 Å². The number of hydrogen-bond donors (Lipinski definition) is 1. The van der Waals surface area contributed by atoms with E-state index in [0.29, 0.717) is 6.04 Å². The maximum Gasteiger partial charge on any atom is 0.0360 e. The fourth-order valence-electron chi connectivity index (χ4n) is 2.87. The lowest BCUT2D eigenvalue weighted by Gasteiger charge is -2.19. The SMILES string of the molecule is C=C/C=C\C=C(/C)CCCNC(Cc1ccccc1)c1ccccc1. The van der Waals surface area contributed by atoms with E-state index in [2.05, 4.69) is 91.6 Å². The second kappa shape index (κ2) is 11.2. The molecule has 1 heteroatoms. The monoisotopic (exact) mass is 331 g/mol. The number of nitrogens with one attached hydrogen (secondary N) is 1. The number of benzene rings is 2. The van der Waals surface area contributed by atoms with Crippen LogP contribution in [0.15, 0.2) is 97.1 Å². The lowest BCUT2D eigenvalue weighted by Crippen LogP contribution is -2.24. The molecule has 1 atom stereocenters. The molecule has 0 bridgehead atoms. The molecule has 0 saturated heterocycles. The van der Waals surface area contributed by atoms with E-state index in [0.717, 1.165) is 25.8 Å². The van der Waals surface area contributed by atoms with Crippen LogP contribution in [-0.2, 0) is 6.42 Å². The van der Waals surface area contributed by atoms with Gasteiger partial charge in [-0.1, -0.05) is 97.1 Å². The molecule has 1 N–H and O–H groups in total. The molecule has 0 amide bonds. The Hall–Kier alpha value is -2.38. The van der Waals surface area contributed by atoms with E-state index in [9.17, 15) is 0 Å². The Balaban J connectivity index is 1.90. The van der Waals surface area contributed by atoms with Crippen LogP contribution >= 0.6 is 0 Å². The van der Waals surface area contributed by atoms with Crippen molar-refractivity contribution in [2.75, 3.05) is 6.54 Å². The van der Waals surface area contributed by atoms with Crippen molar-refractivity contribution in [1.29, 1.82) is 0 Å². The van der Waals surface area contributed by atoms with Gasteiger partial charge in [0, 0.05) is 6.04 Å². The molecule has 0 heterocycles. The normalized spacial score (nSPS) is 13.1. The molecule has 1 unspecified atom stereocenters. The molecule has 0 aliphatic heterocycles. The van der Waals surface area contributed by atoms with E-state index >= 15 is 0 Å². The van der Waals surface area contributed by atoms with Crippen LogP contribution < -0.4 is 5.32 Å². The second-order valence-corrected chi connectivity index (χ2v) is 6.34. The molecule has 0 spiro atoms. The van der Waals surface area contributed by atoms with E-state index in [4.69, 9.17) is 0 Å². The third-order valence-electron chi connectivity index (χ3n) is 4.25. The van der Waals surface area contributed by atoms with E-state index in [1.807, 2.05) is 6.08 Å². The van der Waals surface area contributed by atoms with Crippen LogP contribution in [-0.4, -0.2) is 6.54 Å². The Kier molecular flexibility index (Phi) is 8.51. The minimum atomic E-state index is 0.355. The van der Waals surface area contributed by atoms with Gasteiger partial charge in [-0.15, -0.1) is 0 Å². The maximum absolute atomic E-state index is 3.75. The molecule has 1 nitrogen and oxygen atoms in total. The summed E-state index contributed by atoms with van der Waals surface area (Å²) in [6.45, 7) is 6.89. The highest BCUT2D eigenvalue weighted by Crippen LogP contribution is 2.18. The second-order valence-electron chi connectivity index (χ2n) is 6.34. The molecular weight excluding hydrogens is 302 g/mol. The Bertz CT molecular complexity index is 668. The summed E-state index contributed by atoms with van der Waals surface area (Å²) < 4.78 is 0. The molecule has 0 radical (unpaired) electrons. The first-order valence-electron chi connectivity index (χ1n) is 9.06. The average Bonchev–Trinajstić information content (AvgIpc) is 2.66. The largest absolute Gasteiger partial charge is 0.310 e. The van der Waals surface area contributed by atoms with Gasteiger partial charge in [-0.2, -0.15) is 0 Å². The van der Waals surface area contributed by atoms with Gasteiger partial charge in [0.1, 0.15) is 0 Å². The first-order valence-corrected chi connectivity index (χ1v) is 9.06. The van der Waals surface area contributed by atoms with Gasteiger partial charge in [0.25, 0.3) is 0 Å². The van der Waals surface area contributed by atoms with Gasteiger partial charge in [-0.3, -0.25) is 0 Å². The Morgan fingerprint density at radius 2 is 1.68 bits per heavy atom. The van der Waals surface area contributed by atoms with Gasteiger partial charge >= 0.3 is 0 Å². The van der Waals surface area contributed by atoms with Crippen LogP contribution in [0, 0.1) is 0 Å². The minimum Gasteiger partial charge on any atom is -0.310 e. The zero-order valence-electron chi connectivity index (χ0n) is 15.2. The fraction of sp³-hybridized carbons (Fsp3) is 0.250. The van der Waals surface area contributed by atoms with Gasteiger partial charge in [0.15, 0.2) is 0 Å². The molecule has 130 valence electrons. The summed E-state index contributed by atoms with van der Waals surface area (Å²) in [5, 5.41) is 3.75. The summed E-state index contributed by atoms with van der Waals surface area (Å²) in [6, 6.07) is 21.8. The zero-order valence-corrected chi connectivity index (χ0v) is 15.2. The summed E-state index contributed by atoms with van der Waals surface area (Å²) in [7, 11) is 0. The van der Waals surface area contributed by atoms with Crippen molar-refractivity contribution in [3.05, 3.63) is 108 Å². The van der Waals surface area contributed by atoms with Gasteiger partial charge in [-0.25, -0.2) is 0 Å². The van der Waals surface area contributed by atoms with Crippen LogP contribution in [0.25, 0.3) is 0 Å². The summed E-state index contributed by atoms with van der Waals surface area (Å²) in [6.07, 6.45) is 11.3. The van der Waals surface area contributed by atoms with Crippen molar-refractivity contribution in [2.45, 2.75) is 32.2 Å². The summed E-state index contributed by atoms with van der Waals surface area (Å²) in [4.78, 5) is 0. The predicted molar refractivity (Wildman–Crippen MR) is 110 cm³/mol. The van der Waals surface area contributed by atoms with E-state index in [-0.39, 0.29) is 0 Å². The van der Waals surface area contributed by atoms with Crippen molar-refractivity contribution in [2.24, 2.45) is 0 Å². The van der Waals surface area contributed by atoms with Crippen molar-refractivity contribution in [1.82, 2.24) is 5.32 Å². The highest BCUT2D eigenvalue weighted by atomic mass is 14.9. The number of rotatable bonds is 10. The third-order valence-corrected chi connectivity index (χ3v) is 4.25. The Morgan fingerprint density at radius 3 is 2.36 bits per heavy atom. The number of hydrogen-bond acceptors (Lipinski definition) is 1. The summed E-state index contributed by atoms with van der Waals surface area (Å²) in [5.74, 6) is 0. The highest BCUT2D eigenvalue weighted by molar-refractivity contribution is 5.23. The van der Waals surface area contributed by atoms with Gasteiger partial charge < -0.3 is 5.32 Å². The van der Waals surface area contributed by atoms with Crippen LogP contribution in [0.1, 0.15) is 36.9 Å². The molecular formula is C24H29N.